The Morgan fingerprint density at radius 2 is 2.29 bits per heavy atom. The van der Waals surface area contributed by atoms with Crippen molar-refractivity contribution in [2.24, 2.45) is 0 Å². The van der Waals surface area contributed by atoms with Gasteiger partial charge in [-0.3, -0.25) is 4.79 Å². The summed E-state index contributed by atoms with van der Waals surface area (Å²) in [4.78, 5) is 11.2. The molecule has 0 saturated carbocycles. The molecule has 0 atom stereocenters. The van der Waals surface area contributed by atoms with Crippen molar-refractivity contribution in [3.8, 4) is 11.5 Å². The summed E-state index contributed by atoms with van der Waals surface area (Å²) in [6, 6.07) is 2.20. The molecule has 0 aliphatic carbocycles. The number of methoxy groups -OCH3 is 1. The molecular formula is C9H8BrFO3. The molecule has 0 spiro atoms. The molecule has 0 heterocycles. The number of alkyl halides is 1. The van der Waals surface area contributed by atoms with Gasteiger partial charge in [0.05, 0.1) is 12.4 Å². The second-order valence-corrected chi connectivity index (χ2v) is 3.13. The number of Topliss-reactive ketones (excluding diaryl/α,β-unsaturated/α-hetero) is 1. The fourth-order valence-electron chi connectivity index (χ4n) is 1.02. The molecule has 1 aromatic rings. The van der Waals surface area contributed by atoms with E-state index in [-0.39, 0.29) is 28.2 Å². The minimum atomic E-state index is -0.753. The van der Waals surface area contributed by atoms with Crippen LogP contribution in [0.4, 0.5) is 4.39 Å². The van der Waals surface area contributed by atoms with Crippen molar-refractivity contribution in [1.29, 1.82) is 0 Å². The van der Waals surface area contributed by atoms with Gasteiger partial charge in [0.15, 0.2) is 23.1 Å². The van der Waals surface area contributed by atoms with Gasteiger partial charge in [-0.15, -0.1) is 0 Å². The van der Waals surface area contributed by atoms with E-state index < -0.39 is 5.82 Å². The molecule has 1 rings (SSSR count). The smallest absolute Gasteiger partial charge is 0.196 e. The highest BCUT2D eigenvalue weighted by molar-refractivity contribution is 9.09. The number of rotatable bonds is 3. The fraction of sp³-hybridized carbons (Fsp3) is 0.222. The number of aromatic hydroxyl groups is 1. The number of halogens is 2. The molecule has 0 aliphatic heterocycles. The molecule has 14 heavy (non-hydrogen) atoms. The van der Waals surface area contributed by atoms with E-state index in [2.05, 4.69) is 20.7 Å². The molecule has 1 N–H and O–H groups in total. The van der Waals surface area contributed by atoms with Crippen LogP contribution < -0.4 is 4.74 Å². The SMILES string of the molecule is COc1c(O)cc(C(=O)CBr)cc1F. The lowest BCUT2D eigenvalue weighted by Crippen LogP contribution is -2.01. The first-order valence-corrected chi connectivity index (χ1v) is 4.88. The maximum Gasteiger partial charge on any atom is 0.196 e. The summed E-state index contributed by atoms with van der Waals surface area (Å²) in [6.07, 6.45) is 0. The van der Waals surface area contributed by atoms with E-state index in [0.717, 1.165) is 6.07 Å². The van der Waals surface area contributed by atoms with Crippen LogP contribution in [0.15, 0.2) is 12.1 Å². The first kappa shape index (κ1) is 11.0. The highest BCUT2D eigenvalue weighted by atomic mass is 79.9. The summed E-state index contributed by atoms with van der Waals surface area (Å²) >= 11 is 2.95. The van der Waals surface area contributed by atoms with Crippen LogP contribution in [0.3, 0.4) is 0 Å². The third kappa shape index (κ3) is 2.04. The van der Waals surface area contributed by atoms with Gasteiger partial charge in [0, 0.05) is 5.56 Å². The molecule has 0 aromatic heterocycles. The van der Waals surface area contributed by atoms with Gasteiger partial charge in [-0.2, -0.15) is 0 Å². The fourth-order valence-corrected chi connectivity index (χ4v) is 1.34. The van der Waals surface area contributed by atoms with Crippen LogP contribution in [-0.2, 0) is 0 Å². The Morgan fingerprint density at radius 3 is 2.71 bits per heavy atom. The zero-order valence-corrected chi connectivity index (χ0v) is 8.97. The van der Waals surface area contributed by atoms with Gasteiger partial charge in [0.1, 0.15) is 0 Å². The molecule has 0 amide bonds. The van der Waals surface area contributed by atoms with Crippen LogP contribution in [0.5, 0.6) is 11.5 Å². The number of benzene rings is 1. The largest absolute Gasteiger partial charge is 0.504 e. The quantitative estimate of drug-likeness (QED) is 0.671. The van der Waals surface area contributed by atoms with Crippen LogP contribution in [-0.4, -0.2) is 23.3 Å². The van der Waals surface area contributed by atoms with E-state index in [1.54, 1.807) is 0 Å². The Labute approximate surface area is 88.6 Å². The van der Waals surface area contributed by atoms with Crippen molar-refractivity contribution < 1.29 is 19.0 Å². The maximum atomic E-state index is 13.2. The highest BCUT2D eigenvalue weighted by Gasteiger charge is 2.14. The van der Waals surface area contributed by atoms with Crippen LogP contribution in [0.1, 0.15) is 10.4 Å². The summed E-state index contributed by atoms with van der Waals surface area (Å²) in [7, 11) is 1.24. The van der Waals surface area contributed by atoms with Crippen molar-refractivity contribution in [2.75, 3.05) is 12.4 Å². The van der Waals surface area contributed by atoms with Crippen LogP contribution in [0.2, 0.25) is 0 Å². The molecule has 0 unspecified atom stereocenters. The van der Waals surface area contributed by atoms with Gasteiger partial charge in [-0.05, 0) is 12.1 Å². The Hall–Kier alpha value is -1.10. The van der Waals surface area contributed by atoms with Gasteiger partial charge < -0.3 is 9.84 Å². The minimum Gasteiger partial charge on any atom is -0.504 e. The van der Waals surface area contributed by atoms with E-state index in [4.69, 9.17) is 0 Å². The molecule has 0 fully saturated rings. The van der Waals surface area contributed by atoms with Gasteiger partial charge in [0.2, 0.25) is 0 Å². The van der Waals surface area contributed by atoms with Crippen molar-refractivity contribution in [3.05, 3.63) is 23.5 Å². The van der Waals surface area contributed by atoms with Gasteiger partial charge in [0.25, 0.3) is 0 Å². The monoisotopic (exact) mass is 262 g/mol. The number of phenolic OH excluding ortho intramolecular Hbond substituents is 1. The van der Waals surface area contributed by atoms with E-state index in [0.29, 0.717) is 0 Å². The van der Waals surface area contributed by atoms with Gasteiger partial charge in [-0.25, -0.2) is 4.39 Å². The summed E-state index contributed by atoms with van der Waals surface area (Å²) in [5.74, 6) is -1.69. The van der Waals surface area contributed by atoms with E-state index in [1.807, 2.05) is 0 Å². The third-order valence-corrected chi connectivity index (χ3v) is 2.18. The predicted octanol–water partition coefficient (Wildman–Crippen LogP) is 2.12. The molecule has 0 radical (unpaired) electrons. The summed E-state index contributed by atoms with van der Waals surface area (Å²) in [5.41, 5.74) is 0.109. The lowest BCUT2D eigenvalue weighted by molar-refractivity contribution is 0.102. The van der Waals surface area contributed by atoms with Crippen molar-refractivity contribution in [1.82, 2.24) is 0 Å². The van der Waals surface area contributed by atoms with Gasteiger partial charge in [-0.1, -0.05) is 15.9 Å². The lowest BCUT2D eigenvalue weighted by Gasteiger charge is -2.06. The van der Waals surface area contributed by atoms with E-state index in [9.17, 15) is 14.3 Å². The predicted molar refractivity (Wildman–Crippen MR) is 52.7 cm³/mol. The zero-order chi connectivity index (χ0) is 10.7. The van der Waals surface area contributed by atoms with Crippen LogP contribution >= 0.6 is 15.9 Å². The Kier molecular flexibility index (Phi) is 3.46. The number of hydrogen-bond acceptors (Lipinski definition) is 3. The van der Waals surface area contributed by atoms with E-state index in [1.165, 1.54) is 13.2 Å². The normalized spacial score (nSPS) is 9.93. The van der Waals surface area contributed by atoms with Crippen molar-refractivity contribution in [3.63, 3.8) is 0 Å². The summed E-state index contributed by atoms with van der Waals surface area (Å²) in [6.45, 7) is 0. The highest BCUT2D eigenvalue weighted by Crippen LogP contribution is 2.30. The average Bonchev–Trinajstić information content (AvgIpc) is 2.16. The average molecular weight is 263 g/mol. The topological polar surface area (TPSA) is 46.5 Å². The Bertz CT molecular complexity index is 342. The van der Waals surface area contributed by atoms with E-state index >= 15 is 0 Å². The summed E-state index contributed by atoms with van der Waals surface area (Å²) < 4.78 is 17.8. The number of carbonyl (C=O) groups is 1. The zero-order valence-electron chi connectivity index (χ0n) is 7.38. The first-order valence-electron chi connectivity index (χ1n) is 3.75. The summed E-state index contributed by atoms with van der Waals surface area (Å²) in [5, 5.41) is 9.37. The standard InChI is InChI=1S/C9H8BrFO3/c1-14-9-6(11)2-5(3-7(9)12)8(13)4-10/h2-3,12H,4H2,1H3. The number of phenols is 1. The van der Waals surface area contributed by atoms with Crippen molar-refractivity contribution in [2.45, 2.75) is 0 Å². The number of ether oxygens (including phenoxy) is 1. The molecule has 1 aromatic carbocycles. The molecule has 0 bridgehead atoms. The Balaban J connectivity index is 3.20. The maximum absolute atomic E-state index is 13.2. The molecule has 0 saturated heterocycles. The molecular weight excluding hydrogens is 255 g/mol. The third-order valence-electron chi connectivity index (χ3n) is 1.67. The van der Waals surface area contributed by atoms with Gasteiger partial charge >= 0.3 is 0 Å². The second-order valence-electron chi connectivity index (χ2n) is 2.57. The molecule has 3 nitrogen and oxygen atoms in total. The molecule has 5 heteroatoms. The number of ketones is 1. The second kappa shape index (κ2) is 4.41. The minimum absolute atomic E-state index is 0.0816. The number of hydrogen-bond donors (Lipinski definition) is 1. The first-order chi connectivity index (χ1) is 6.60. The van der Waals surface area contributed by atoms with Crippen LogP contribution in [0, 0.1) is 5.82 Å². The van der Waals surface area contributed by atoms with Crippen molar-refractivity contribution >= 4 is 21.7 Å². The lowest BCUT2D eigenvalue weighted by atomic mass is 10.1. The number of carbonyl (C=O) groups excluding carboxylic acids is 1. The molecule has 0 aliphatic rings. The Morgan fingerprint density at radius 1 is 1.64 bits per heavy atom. The molecule has 76 valence electrons. The van der Waals surface area contributed by atoms with Crippen LogP contribution in [0.25, 0.3) is 0 Å².